The average molecular weight is 869 g/mol. The summed E-state index contributed by atoms with van der Waals surface area (Å²) in [5.41, 5.74) is 14.7. The number of aromatic nitrogens is 4. The molecule has 10 aromatic carbocycles. The first-order chi connectivity index (χ1) is 33.8. The maximum atomic E-state index is 5.42. The zero-order chi connectivity index (χ0) is 44.7. The highest BCUT2D eigenvalue weighted by molar-refractivity contribution is 6.37. The molecule has 68 heavy (non-hydrogen) atoms. The number of benzene rings is 10. The molecule has 0 spiro atoms. The van der Waals surface area contributed by atoms with E-state index in [1.807, 2.05) is 12.4 Å². The van der Waals surface area contributed by atoms with E-state index in [9.17, 15) is 0 Å². The molecule has 0 N–H and O–H groups in total. The molecule has 0 radical (unpaired) electrons. The van der Waals surface area contributed by atoms with E-state index in [0.29, 0.717) is 0 Å². The quantitative estimate of drug-likeness (QED) is 0.143. The minimum atomic E-state index is 0.966. The van der Waals surface area contributed by atoms with Crippen molar-refractivity contribution >= 4 is 110 Å². The van der Waals surface area contributed by atoms with E-state index in [2.05, 4.69) is 249 Å². The zero-order valence-electron chi connectivity index (χ0n) is 36.8. The molecule has 14 rings (SSSR count). The summed E-state index contributed by atoms with van der Waals surface area (Å²) in [6.07, 6.45) is 4.07. The van der Waals surface area contributed by atoms with Crippen molar-refractivity contribution < 1.29 is 0 Å². The number of rotatable bonds is 8. The number of anilines is 6. The van der Waals surface area contributed by atoms with Crippen LogP contribution in [0.3, 0.4) is 0 Å². The fourth-order valence-electron chi connectivity index (χ4n) is 10.8. The van der Waals surface area contributed by atoms with Crippen molar-refractivity contribution in [2.75, 3.05) is 9.80 Å². The van der Waals surface area contributed by atoms with E-state index in [1.54, 1.807) is 0 Å². The molecule has 6 heteroatoms. The van der Waals surface area contributed by atoms with Gasteiger partial charge in [0.25, 0.3) is 0 Å². The summed E-state index contributed by atoms with van der Waals surface area (Å²) >= 11 is 0. The number of hydrogen-bond donors (Lipinski definition) is 0. The van der Waals surface area contributed by atoms with Gasteiger partial charge in [0.2, 0.25) is 0 Å². The van der Waals surface area contributed by atoms with Crippen molar-refractivity contribution in [3.63, 3.8) is 0 Å². The Labute approximate surface area is 391 Å². The van der Waals surface area contributed by atoms with Gasteiger partial charge in [-0.3, -0.25) is 9.97 Å². The number of para-hydroxylation sites is 6. The molecule has 0 aliphatic heterocycles. The Balaban J connectivity index is 1.05. The number of hydrogen-bond acceptors (Lipinski definition) is 4. The number of nitrogens with zero attached hydrogens (tertiary/aromatic N) is 6. The molecule has 0 saturated carbocycles. The molecule has 0 unspecified atom stereocenters. The highest BCUT2D eigenvalue weighted by atomic mass is 15.2. The van der Waals surface area contributed by atoms with Gasteiger partial charge in [0, 0.05) is 44.9 Å². The minimum Gasteiger partial charge on any atom is -0.309 e. The van der Waals surface area contributed by atoms with Gasteiger partial charge in [0.15, 0.2) is 0 Å². The summed E-state index contributed by atoms with van der Waals surface area (Å²) in [7, 11) is 0. The normalized spacial score (nSPS) is 11.8. The van der Waals surface area contributed by atoms with Crippen molar-refractivity contribution in [1.82, 2.24) is 19.1 Å². The van der Waals surface area contributed by atoms with Crippen LogP contribution in [0.1, 0.15) is 0 Å². The van der Waals surface area contributed by atoms with Crippen LogP contribution in [-0.2, 0) is 0 Å². The van der Waals surface area contributed by atoms with E-state index in [4.69, 9.17) is 9.97 Å². The Morgan fingerprint density at radius 1 is 0.279 bits per heavy atom. The van der Waals surface area contributed by atoms with Crippen LogP contribution in [0.4, 0.5) is 34.1 Å². The predicted octanol–water partition coefficient (Wildman–Crippen LogP) is 16.5. The highest BCUT2D eigenvalue weighted by Gasteiger charge is 2.25. The number of pyridine rings is 2. The van der Waals surface area contributed by atoms with Gasteiger partial charge in [0.1, 0.15) is 0 Å². The summed E-state index contributed by atoms with van der Waals surface area (Å²) in [4.78, 5) is 15.4. The molecule has 0 aliphatic rings. The van der Waals surface area contributed by atoms with E-state index in [1.165, 1.54) is 32.3 Å². The van der Waals surface area contributed by atoms with Crippen molar-refractivity contribution in [2.24, 2.45) is 0 Å². The van der Waals surface area contributed by atoms with Crippen LogP contribution in [0.5, 0.6) is 0 Å². The molecule has 0 amide bonds. The Kier molecular flexibility index (Phi) is 8.48. The summed E-state index contributed by atoms with van der Waals surface area (Å²) in [5, 5.41) is 9.48. The second-order valence-corrected chi connectivity index (χ2v) is 17.4. The fraction of sp³-hybridized carbons (Fsp3) is 0. The first-order valence-corrected chi connectivity index (χ1v) is 23.1. The second-order valence-electron chi connectivity index (χ2n) is 17.4. The van der Waals surface area contributed by atoms with Crippen LogP contribution in [0.25, 0.3) is 87.6 Å². The Morgan fingerprint density at radius 2 is 0.603 bits per heavy atom. The van der Waals surface area contributed by atoms with E-state index < -0.39 is 0 Å². The molecule has 0 saturated heterocycles. The van der Waals surface area contributed by atoms with Gasteiger partial charge in [-0.25, -0.2) is 0 Å². The predicted molar refractivity (Wildman–Crippen MR) is 284 cm³/mol. The van der Waals surface area contributed by atoms with Crippen molar-refractivity contribution in [3.05, 3.63) is 243 Å². The van der Waals surface area contributed by atoms with E-state index in [0.717, 1.165) is 89.4 Å². The first-order valence-electron chi connectivity index (χ1n) is 23.1. The lowest BCUT2D eigenvalue weighted by Crippen LogP contribution is -2.10. The van der Waals surface area contributed by atoms with Crippen LogP contribution in [-0.4, -0.2) is 19.1 Å². The molecule has 0 bridgehead atoms. The monoisotopic (exact) mass is 868 g/mol. The summed E-state index contributed by atoms with van der Waals surface area (Å²) in [5.74, 6) is 0. The third kappa shape index (κ3) is 5.77. The fourth-order valence-corrected chi connectivity index (χ4v) is 10.8. The van der Waals surface area contributed by atoms with Gasteiger partial charge >= 0.3 is 0 Å². The van der Waals surface area contributed by atoms with Crippen LogP contribution >= 0.6 is 0 Å². The minimum absolute atomic E-state index is 0.966. The lowest BCUT2D eigenvalue weighted by atomic mass is 9.91. The summed E-state index contributed by atoms with van der Waals surface area (Å²) in [6.45, 7) is 0. The smallest absolute Gasteiger partial charge is 0.0971 e. The third-order valence-electron chi connectivity index (χ3n) is 13.6. The van der Waals surface area contributed by atoms with E-state index in [-0.39, 0.29) is 0 Å². The van der Waals surface area contributed by atoms with Crippen LogP contribution in [0, 0.1) is 0 Å². The maximum absolute atomic E-state index is 5.42. The molecule has 4 heterocycles. The largest absolute Gasteiger partial charge is 0.309 e. The molecule has 4 aromatic heterocycles. The lowest BCUT2D eigenvalue weighted by Gasteiger charge is -2.25. The van der Waals surface area contributed by atoms with Gasteiger partial charge in [0.05, 0.1) is 56.9 Å². The SMILES string of the molecule is c1ccc(N(c2ccccc2)c2cnc3c4c5ccc6cc7c(c8ccc(cc4n(-c4ccccc4)c3c2)c5c68)c2ncc(N(c3ccccc3)c3ccccc3)cc2n7-c2ccccc2)cc1. The Bertz CT molecular complexity index is 3820. The van der Waals surface area contributed by atoms with Gasteiger partial charge < -0.3 is 18.9 Å². The second kappa shape index (κ2) is 15.2. The molecule has 0 fully saturated rings. The first kappa shape index (κ1) is 38.1. The van der Waals surface area contributed by atoms with Crippen LogP contribution in [0.15, 0.2) is 243 Å². The molecule has 0 aliphatic carbocycles. The maximum Gasteiger partial charge on any atom is 0.0971 e. The molecular weight excluding hydrogens is 829 g/mol. The molecule has 318 valence electrons. The molecule has 0 atom stereocenters. The van der Waals surface area contributed by atoms with Gasteiger partial charge in [-0.2, -0.15) is 0 Å². The van der Waals surface area contributed by atoms with Crippen molar-refractivity contribution in [2.45, 2.75) is 0 Å². The van der Waals surface area contributed by atoms with Crippen LogP contribution < -0.4 is 9.80 Å². The summed E-state index contributed by atoms with van der Waals surface area (Å²) < 4.78 is 4.79. The van der Waals surface area contributed by atoms with Crippen LogP contribution in [0.2, 0.25) is 0 Å². The lowest BCUT2D eigenvalue weighted by molar-refractivity contribution is 1.17. The Morgan fingerprint density at radius 3 is 0.941 bits per heavy atom. The Hall–Kier alpha value is -9.26. The van der Waals surface area contributed by atoms with Crippen molar-refractivity contribution in [1.29, 1.82) is 0 Å². The van der Waals surface area contributed by atoms with Gasteiger partial charge in [-0.15, -0.1) is 0 Å². The average Bonchev–Trinajstić information content (AvgIpc) is 3.91. The third-order valence-corrected chi connectivity index (χ3v) is 13.6. The zero-order valence-corrected chi connectivity index (χ0v) is 36.8. The topological polar surface area (TPSA) is 42.1 Å². The highest BCUT2D eigenvalue weighted by Crippen LogP contribution is 2.48. The molecule has 6 nitrogen and oxygen atoms in total. The molecule has 14 aromatic rings. The van der Waals surface area contributed by atoms with Gasteiger partial charge in [-0.05, 0) is 129 Å². The summed E-state index contributed by atoms with van der Waals surface area (Å²) in [6, 6.07) is 82.2. The number of fused-ring (bicyclic) bond motifs is 8. The van der Waals surface area contributed by atoms with E-state index >= 15 is 0 Å². The molecular formula is C62H40N6. The van der Waals surface area contributed by atoms with Crippen molar-refractivity contribution in [3.8, 4) is 11.4 Å². The van der Waals surface area contributed by atoms with Gasteiger partial charge in [-0.1, -0.05) is 133 Å². The standard InChI is InChI=1S/C62H40N6/c1-7-19-43(20-8-1)65(44-21-9-2-10-22-44)49-37-55-61(63-39-49)59-51-33-31-42-36-54-60(52-34-32-41(57(51)58(42)52)35-53(59)67(55)47-27-15-5-16-28-47)62-56(68(54)48-29-17-6-18-30-48)38-50(40-64-62)66(45-23-11-3-12-24-45)46-25-13-4-14-26-46/h1-40H.